The highest BCUT2D eigenvalue weighted by molar-refractivity contribution is 5.93. The lowest BCUT2D eigenvalue weighted by Gasteiger charge is -2.14. The average molecular weight is 199 g/mol. The van der Waals surface area contributed by atoms with Gasteiger partial charge in [-0.2, -0.15) is 0 Å². The first-order valence-electron chi connectivity index (χ1n) is 4.81. The molecule has 0 aliphatic carbocycles. The van der Waals surface area contributed by atoms with E-state index < -0.39 is 5.97 Å². The topological polar surface area (TPSA) is 66.4 Å². The summed E-state index contributed by atoms with van der Waals surface area (Å²) >= 11 is 0. The monoisotopic (exact) mass is 199 g/mol. The van der Waals surface area contributed by atoms with Crippen LogP contribution in [0.1, 0.15) is 33.1 Å². The molecule has 0 heterocycles. The van der Waals surface area contributed by atoms with E-state index in [1.165, 1.54) is 0 Å². The molecule has 0 aromatic rings. The van der Waals surface area contributed by atoms with Gasteiger partial charge in [0.15, 0.2) is 0 Å². The fraction of sp³-hybridized carbons (Fsp3) is 0.600. The highest BCUT2D eigenvalue weighted by Crippen LogP contribution is 2.00. The van der Waals surface area contributed by atoms with Crippen LogP contribution in [0.15, 0.2) is 12.2 Å². The Hall–Kier alpha value is -1.32. The molecule has 1 atom stereocenters. The predicted molar refractivity (Wildman–Crippen MR) is 53.9 cm³/mol. The molecule has 1 amide bonds. The fourth-order valence-electron chi connectivity index (χ4n) is 1.12. The Balaban J connectivity index is 3.96. The second kappa shape index (κ2) is 7.12. The van der Waals surface area contributed by atoms with Crippen LogP contribution in [0.5, 0.6) is 0 Å². The minimum absolute atomic E-state index is 0.144. The standard InChI is InChI=1S/C10H17NO3/c1-3-5-8(4-2)11-9(12)6-7-10(13)14/h6-8H,3-5H2,1-2H3,(H,11,12)(H,13,14). The summed E-state index contributed by atoms with van der Waals surface area (Å²) in [7, 11) is 0. The third kappa shape index (κ3) is 6.22. The van der Waals surface area contributed by atoms with Crippen LogP contribution < -0.4 is 5.32 Å². The lowest BCUT2D eigenvalue weighted by molar-refractivity contribution is -0.131. The number of hydrogen-bond donors (Lipinski definition) is 2. The maximum absolute atomic E-state index is 11.1. The highest BCUT2D eigenvalue weighted by atomic mass is 16.4. The van der Waals surface area contributed by atoms with E-state index in [0.717, 1.165) is 31.4 Å². The van der Waals surface area contributed by atoms with E-state index in [1.807, 2.05) is 13.8 Å². The zero-order valence-corrected chi connectivity index (χ0v) is 8.62. The summed E-state index contributed by atoms with van der Waals surface area (Å²) in [5.74, 6) is -1.45. The van der Waals surface area contributed by atoms with Gasteiger partial charge >= 0.3 is 5.97 Å². The molecule has 2 N–H and O–H groups in total. The minimum Gasteiger partial charge on any atom is -0.478 e. The van der Waals surface area contributed by atoms with Gasteiger partial charge in [-0.25, -0.2) is 4.79 Å². The van der Waals surface area contributed by atoms with Gasteiger partial charge in [0.25, 0.3) is 0 Å². The lowest BCUT2D eigenvalue weighted by atomic mass is 10.1. The molecular formula is C10H17NO3. The molecule has 0 rings (SSSR count). The van der Waals surface area contributed by atoms with Gasteiger partial charge in [0, 0.05) is 18.2 Å². The van der Waals surface area contributed by atoms with Gasteiger partial charge in [-0.05, 0) is 12.8 Å². The SMILES string of the molecule is CCCC(CC)NC(=O)C=CC(=O)O. The van der Waals surface area contributed by atoms with Crippen molar-refractivity contribution in [1.82, 2.24) is 5.32 Å². The van der Waals surface area contributed by atoms with Crippen LogP contribution in [-0.2, 0) is 9.59 Å². The first-order valence-corrected chi connectivity index (χ1v) is 4.81. The first-order chi connectivity index (χ1) is 6.60. The van der Waals surface area contributed by atoms with Crippen LogP contribution in [0, 0.1) is 0 Å². The summed E-state index contributed by atoms with van der Waals surface area (Å²) in [6.07, 6.45) is 4.67. The number of carbonyl (C=O) groups excluding carboxylic acids is 1. The van der Waals surface area contributed by atoms with Crippen molar-refractivity contribution >= 4 is 11.9 Å². The van der Waals surface area contributed by atoms with Crippen LogP contribution in [0.25, 0.3) is 0 Å². The van der Waals surface area contributed by atoms with Crippen molar-refractivity contribution in [3.63, 3.8) is 0 Å². The number of carboxylic acids is 1. The Morgan fingerprint density at radius 3 is 2.43 bits per heavy atom. The van der Waals surface area contributed by atoms with E-state index in [0.29, 0.717) is 0 Å². The van der Waals surface area contributed by atoms with Gasteiger partial charge in [-0.15, -0.1) is 0 Å². The minimum atomic E-state index is -1.11. The summed E-state index contributed by atoms with van der Waals surface area (Å²) in [5, 5.41) is 11.0. The van der Waals surface area contributed by atoms with Gasteiger partial charge in [0.05, 0.1) is 0 Å². The van der Waals surface area contributed by atoms with Gasteiger partial charge in [0.2, 0.25) is 5.91 Å². The van der Waals surface area contributed by atoms with E-state index in [2.05, 4.69) is 5.32 Å². The van der Waals surface area contributed by atoms with E-state index in [-0.39, 0.29) is 11.9 Å². The molecule has 0 aliphatic rings. The molecule has 0 saturated heterocycles. The number of hydrogen-bond acceptors (Lipinski definition) is 2. The van der Waals surface area contributed by atoms with Crippen LogP contribution in [0.3, 0.4) is 0 Å². The number of rotatable bonds is 6. The van der Waals surface area contributed by atoms with Gasteiger partial charge in [0.1, 0.15) is 0 Å². The van der Waals surface area contributed by atoms with Crippen LogP contribution >= 0.6 is 0 Å². The maximum atomic E-state index is 11.1. The summed E-state index contributed by atoms with van der Waals surface area (Å²) in [6, 6.07) is 0.144. The van der Waals surface area contributed by atoms with Crippen LogP contribution in [-0.4, -0.2) is 23.0 Å². The van der Waals surface area contributed by atoms with Crippen molar-refractivity contribution in [1.29, 1.82) is 0 Å². The largest absolute Gasteiger partial charge is 0.478 e. The maximum Gasteiger partial charge on any atom is 0.328 e. The second-order valence-corrected chi connectivity index (χ2v) is 3.07. The van der Waals surface area contributed by atoms with E-state index >= 15 is 0 Å². The Bertz CT molecular complexity index is 223. The Labute approximate surface area is 84.0 Å². The number of carbonyl (C=O) groups is 2. The summed E-state index contributed by atoms with van der Waals surface area (Å²) in [4.78, 5) is 21.2. The van der Waals surface area contributed by atoms with E-state index in [1.54, 1.807) is 0 Å². The van der Waals surface area contributed by atoms with Crippen molar-refractivity contribution in [3.8, 4) is 0 Å². The molecule has 1 unspecified atom stereocenters. The molecule has 0 aliphatic heterocycles. The van der Waals surface area contributed by atoms with Crippen molar-refractivity contribution in [3.05, 3.63) is 12.2 Å². The third-order valence-corrected chi connectivity index (χ3v) is 1.85. The zero-order chi connectivity index (χ0) is 11.0. The van der Waals surface area contributed by atoms with Crippen molar-refractivity contribution < 1.29 is 14.7 Å². The number of amides is 1. The highest BCUT2D eigenvalue weighted by Gasteiger charge is 2.06. The molecule has 0 aromatic heterocycles. The third-order valence-electron chi connectivity index (χ3n) is 1.85. The van der Waals surface area contributed by atoms with Crippen LogP contribution in [0.4, 0.5) is 0 Å². The van der Waals surface area contributed by atoms with Crippen molar-refractivity contribution in [2.45, 2.75) is 39.2 Å². The molecule has 0 aromatic carbocycles. The quantitative estimate of drug-likeness (QED) is 0.634. The number of carboxylic acid groups (broad SMARTS) is 1. The van der Waals surface area contributed by atoms with Gasteiger partial charge in [-0.1, -0.05) is 20.3 Å². The van der Waals surface area contributed by atoms with E-state index in [4.69, 9.17) is 5.11 Å². The fourth-order valence-corrected chi connectivity index (χ4v) is 1.12. The predicted octanol–water partition coefficient (Wildman–Crippen LogP) is 1.32. The smallest absolute Gasteiger partial charge is 0.328 e. The summed E-state index contributed by atoms with van der Waals surface area (Å²) < 4.78 is 0. The molecule has 4 heteroatoms. The number of aliphatic carboxylic acids is 1. The van der Waals surface area contributed by atoms with Crippen molar-refractivity contribution in [2.24, 2.45) is 0 Å². The molecule has 14 heavy (non-hydrogen) atoms. The normalized spacial score (nSPS) is 12.7. The lowest BCUT2D eigenvalue weighted by Crippen LogP contribution is -2.33. The van der Waals surface area contributed by atoms with Crippen molar-refractivity contribution in [2.75, 3.05) is 0 Å². The average Bonchev–Trinajstić information content (AvgIpc) is 2.14. The summed E-state index contributed by atoms with van der Waals surface area (Å²) in [5.41, 5.74) is 0. The Kier molecular flexibility index (Phi) is 6.45. The summed E-state index contributed by atoms with van der Waals surface area (Å²) in [6.45, 7) is 4.03. The molecule has 0 saturated carbocycles. The molecule has 4 nitrogen and oxygen atoms in total. The zero-order valence-electron chi connectivity index (χ0n) is 8.62. The van der Waals surface area contributed by atoms with Crippen LogP contribution in [0.2, 0.25) is 0 Å². The Morgan fingerprint density at radius 2 is 2.00 bits per heavy atom. The molecule has 80 valence electrons. The van der Waals surface area contributed by atoms with Gasteiger partial charge < -0.3 is 10.4 Å². The molecule has 0 spiro atoms. The molecule has 0 bridgehead atoms. The second-order valence-electron chi connectivity index (χ2n) is 3.07. The number of nitrogens with one attached hydrogen (secondary N) is 1. The van der Waals surface area contributed by atoms with Gasteiger partial charge in [-0.3, -0.25) is 4.79 Å². The molecule has 0 fully saturated rings. The Morgan fingerprint density at radius 1 is 1.36 bits per heavy atom. The van der Waals surface area contributed by atoms with E-state index in [9.17, 15) is 9.59 Å². The first kappa shape index (κ1) is 12.7. The molecule has 0 radical (unpaired) electrons. The molecular weight excluding hydrogens is 182 g/mol.